The molecule has 1 fully saturated rings. The minimum absolute atomic E-state index is 0.273. The second-order valence-corrected chi connectivity index (χ2v) is 7.10. The highest BCUT2D eigenvalue weighted by Crippen LogP contribution is 2.29. The topological polar surface area (TPSA) is 93.9 Å². The van der Waals surface area contributed by atoms with E-state index >= 15 is 0 Å². The Morgan fingerprint density at radius 2 is 1.84 bits per heavy atom. The first-order valence-corrected chi connectivity index (χ1v) is 9.96. The van der Waals surface area contributed by atoms with Gasteiger partial charge in [-0.15, -0.1) is 0 Å². The van der Waals surface area contributed by atoms with Crippen LogP contribution in [0.2, 0.25) is 0 Å². The average Bonchev–Trinajstić information content (AvgIpc) is 3.21. The summed E-state index contributed by atoms with van der Waals surface area (Å²) in [7, 11) is 1.31. The van der Waals surface area contributed by atoms with Gasteiger partial charge in [0.05, 0.1) is 31.6 Å². The molecule has 2 heterocycles. The van der Waals surface area contributed by atoms with Crippen LogP contribution in [-0.2, 0) is 9.47 Å². The molecule has 0 atom stereocenters. The fourth-order valence-corrected chi connectivity index (χ4v) is 3.56. The van der Waals surface area contributed by atoms with Crippen molar-refractivity contribution in [2.45, 2.75) is 6.92 Å². The Bertz CT molecular complexity index is 1090. The quantitative estimate of drug-likeness (QED) is 0.630. The number of aromatic nitrogens is 1. The molecule has 1 amide bonds. The van der Waals surface area contributed by atoms with Crippen LogP contribution in [0.15, 0.2) is 53.1 Å². The first kappa shape index (κ1) is 20.6. The van der Waals surface area contributed by atoms with Crippen molar-refractivity contribution in [1.29, 1.82) is 0 Å². The molecule has 1 N–H and O–H groups in total. The summed E-state index contributed by atoms with van der Waals surface area (Å²) in [6.07, 6.45) is 0. The number of morpholine rings is 1. The van der Waals surface area contributed by atoms with E-state index in [2.05, 4.69) is 15.4 Å². The first-order chi connectivity index (χ1) is 15.1. The molecule has 0 spiro atoms. The number of amides is 1. The summed E-state index contributed by atoms with van der Waals surface area (Å²) in [4.78, 5) is 27.7. The van der Waals surface area contributed by atoms with Crippen molar-refractivity contribution in [2.75, 3.05) is 43.6 Å². The van der Waals surface area contributed by atoms with Crippen LogP contribution in [0.1, 0.15) is 26.5 Å². The van der Waals surface area contributed by atoms with Gasteiger partial charge in [-0.05, 0) is 25.1 Å². The number of carbonyl (C=O) groups excluding carboxylic acids is 2. The molecule has 160 valence electrons. The number of aryl methyl sites for hydroxylation is 1. The van der Waals surface area contributed by atoms with Gasteiger partial charge in [-0.25, -0.2) is 4.79 Å². The van der Waals surface area contributed by atoms with E-state index < -0.39 is 11.9 Å². The second-order valence-electron chi connectivity index (χ2n) is 7.10. The lowest BCUT2D eigenvalue weighted by molar-refractivity contribution is 0.0602. The SMILES string of the molecule is COC(=O)c1cc(N2CCOCC2)ccc1NC(=O)c1c(-c2ccccc2)noc1C. The molecule has 0 bridgehead atoms. The van der Waals surface area contributed by atoms with Crippen LogP contribution < -0.4 is 10.2 Å². The summed E-state index contributed by atoms with van der Waals surface area (Å²) in [5, 5.41) is 6.88. The van der Waals surface area contributed by atoms with Gasteiger partial charge in [0.15, 0.2) is 0 Å². The zero-order chi connectivity index (χ0) is 21.8. The Morgan fingerprint density at radius 1 is 1.10 bits per heavy atom. The highest BCUT2D eigenvalue weighted by molar-refractivity contribution is 6.11. The fraction of sp³-hybridized carbons (Fsp3) is 0.261. The Morgan fingerprint density at radius 3 is 2.55 bits per heavy atom. The normalized spacial score (nSPS) is 13.7. The van der Waals surface area contributed by atoms with E-state index in [9.17, 15) is 9.59 Å². The molecule has 1 aliphatic heterocycles. The average molecular weight is 421 g/mol. The van der Waals surface area contributed by atoms with Crippen LogP contribution >= 0.6 is 0 Å². The summed E-state index contributed by atoms with van der Waals surface area (Å²) < 4.78 is 15.6. The summed E-state index contributed by atoms with van der Waals surface area (Å²) >= 11 is 0. The molecule has 2 aromatic carbocycles. The molecule has 8 nitrogen and oxygen atoms in total. The standard InChI is InChI=1S/C23H23N3O5/c1-15-20(21(25-31-15)16-6-4-3-5-7-16)22(27)24-19-9-8-17(14-18(19)23(28)29-2)26-10-12-30-13-11-26/h3-9,14H,10-13H2,1-2H3,(H,24,27). The Balaban J connectivity index is 1.65. The summed E-state index contributed by atoms with van der Waals surface area (Å²) in [6, 6.07) is 14.6. The maximum atomic E-state index is 13.1. The van der Waals surface area contributed by atoms with Crippen molar-refractivity contribution in [3.05, 3.63) is 65.4 Å². The van der Waals surface area contributed by atoms with Crippen molar-refractivity contribution >= 4 is 23.3 Å². The third-order valence-corrected chi connectivity index (χ3v) is 5.17. The van der Waals surface area contributed by atoms with Crippen LogP contribution in [0.3, 0.4) is 0 Å². The molecule has 8 heteroatoms. The maximum absolute atomic E-state index is 13.1. The number of esters is 1. The van der Waals surface area contributed by atoms with E-state index in [0.717, 1.165) is 24.3 Å². The number of methoxy groups -OCH3 is 1. The highest BCUT2D eigenvalue weighted by Gasteiger charge is 2.24. The van der Waals surface area contributed by atoms with Crippen molar-refractivity contribution in [2.24, 2.45) is 0 Å². The Hall–Kier alpha value is -3.65. The van der Waals surface area contributed by atoms with Crippen LogP contribution in [-0.4, -0.2) is 50.4 Å². The third kappa shape index (κ3) is 4.29. The molecule has 0 aliphatic carbocycles. The number of nitrogens with zero attached hydrogens (tertiary/aromatic N) is 2. The maximum Gasteiger partial charge on any atom is 0.340 e. The van der Waals surface area contributed by atoms with Crippen molar-refractivity contribution in [3.63, 3.8) is 0 Å². The third-order valence-electron chi connectivity index (χ3n) is 5.17. The monoisotopic (exact) mass is 421 g/mol. The number of carbonyl (C=O) groups is 2. The summed E-state index contributed by atoms with van der Waals surface area (Å²) in [5.74, 6) is -0.557. The van der Waals surface area contributed by atoms with Gasteiger partial charge in [0.1, 0.15) is 17.0 Å². The van der Waals surface area contributed by atoms with Gasteiger partial charge < -0.3 is 24.2 Å². The minimum atomic E-state index is -0.532. The van der Waals surface area contributed by atoms with Gasteiger partial charge in [-0.2, -0.15) is 0 Å². The van der Waals surface area contributed by atoms with E-state index in [0.29, 0.717) is 35.9 Å². The number of benzene rings is 2. The molecule has 31 heavy (non-hydrogen) atoms. The second kappa shape index (κ2) is 9.01. The zero-order valence-corrected chi connectivity index (χ0v) is 17.4. The number of hydrogen-bond donors (Lipinski definition) is 1. The van der Waals surface area contributed by atoms with E-state index in [1.165, 1.54) is 7.11 Å². The van der Waals surface area contributed by atoms with Gasteiger partial charge in [-0.3, -0.25) is 4.79 Å². The van der Waals surface area contributed by atoms with Gasteiger partial charge in [0.2, 0.25) is 0 Å². The number of anilines is 2. The molecular weight excluding hydrogens is 398 g/mol. The van der Waals surface area contributed by atoms with Crippen LogP contribution in [0.4, 0.5) is 11.4 Å². The van der Waals surface area contributed by atoms with Crippen molar-refractivity contribution < 1.29 is 23.6 Å². The lowest BCUT2D eigenvalue weighted by Gasteiger charge is -2.29. The van der Waals surface area contributed by atoms with E-state index in [4.69, 9.17) is 14.0 Å². The van der Waals surface area contributed by atoms with Gasteiger partial charge in [-0.1, -0.05) is 35.5 Å². The number of rotatable bonds is 5. The predicted octanol–water partition coefficient (Wildman–Crippen LogP) is 3.53. The smallest absolute Gasteiger partial charge is 0.340 e. The van der Waals surface area contributed by atoms with Gasteiger partial charge in [0.25, 0.3) is 5.91 Å². The predicted molar refractivity (Wildman–Crippen MR) is 115 cm³/mol. The molecule has 0 saturated carbocycles. The molecule has 0 unspecified atom stereocenters. The largest absolute Gasteiger partial charge is 0.465 e. The fourth-order valence-electron chi connectivity index (χ4n) is 3.56. The van der Waals surface area contributed by atoms with E-state index in [1.54, 1.807) is 19.1 Å². The molecule has 1 aromatic heterocycles. The van der Waals surface area contributed by atoms with Crippen molar-refractivity contribution in [1.82, 2.24) is 5.16 Å². The summed E-state index contributed by atoms with van der Waals surface area (Å²) in [5.41, 5.74) is 3.02. The van der Waals surface area contributed by atoms with Crippen LogP contribution in [0.25, 0.3) is 11.3 Å². The molecule has 4 rings (SSSR count). The van der Waals surface area contributed by atoms with E-state index in [1.807, 2.05) is 36.4 Å². The minimum Gasteiger partial charge on any atom is -0.465 e. The number of ether oxygens (including phenoxy) is 2. The zero-order valence-electron chi connectivity index (χ0n) is 17.4. The number of nitrogens with one attached hydrogen (secondary N) is 1. The van der Waals surface area contributed by atoms with Crippen LogP contribution in [0, 0.1) is 6.92 Å². The molecular formula is C23H23N3O5. The van der Waals surface area contributed by atoms with Gasteiger partial charge >= 0.3 is 5.97 Å². The lowest BCUT2D eigenvalue weighted by atomic mass is 10.0. The first-order valence-electron chi connectivity index (χ1n) is 9.96. The molecule has 3 aromatic rings. The lowest BCUT2D eigenvalue weighted by Crippen LogP contribution is -2.36. The summed E-state index contributed by atoms with van der Waals surface area (Å²) in [6.45, 7) is 4.39. The van der Waals surface area contributed by atoms with Crippen molar-refractivity contribution in [3.8, 4) is 11.3 Å². The molecule has 1 saturated heterocycles. The highest BCUT2D eigenvalue weighted by atomic mass is 16.5. The van der Waals surface area contributed by atoms with Gasteiger partial charge in [0, 0.05) is 24.3 Å². The molecule has 0 radical (unpaired) electrons. The van der Waals surface area contributed by atoms with Crippen LogP contribution in [0.5, 0.6) is 0 Å². The Kier molecular flexibility index (Phi) is 5.99. The molecule has 1 aliphatic rings. The van der Waals surface area contributed by atoms with E-state index in [-0.39, 0.29) is 5.56 Å². The Labute approximate surface area is 179 Å². The number of hydrogen-bond acceptors (Lipinski definition) is 7.